The maximum atomic E-state index is 3.39. The minimum absolute atomic E-state index is 0.651. The van der Waals surface area contributed by atoms with E-state index in [0.29, 0.717) is 5.92 Å². The third-order valence-electron chi connectivity index (χ3n) is 3.42. The molecule has 0 fully saturated rings. The molecule has 1 heteroatoms. The Kier molecular flexibility index (Phi) is 5.01. The fraction of sp³-hybridized carbons (Fsp3) is 0.600. The van der Waals surface area contributed by atoms with Crippen molar-refractivity contribution in [2.75, 3.05) is 13.1 Å². The summed E-state index contributed by atoms with van der Waals surface area (Å²) in [6, 6.07) is 4.68. The molecule has 16 heavy (non-hydrogen) atoms. The minimum Gasteiger partial charge on any atom is -0.317 e. The quantitative estimate of drug-likeness (QED) is 0.744. The second-order valence-electron chi connectivity index (χ2n) is 4.84. The molecular formula is C15H25N. The number of hydrogen-bond donors (Lipinski definition) is 1. The minimum atomic E-state index is 0.651. The Labute approximate surface area is 100 Å². The first-order chi connectivity index (χ1) is 7.56. The van der Waals surface area contributed by atoms with Gasteiger partial charge in [-0.15, -0.1) is 0 Å². The van der Waals surface area contributed by atoms with Crippen molar-refractivity contribution in [3.8, 4) is 0 Å². The molecule has 1 rings (SSSR count). The van der Waals surface area contributed by atoms with Crippen LogP contribution in [0.3, 0.4) is 0 Å². The molecule has 0 saturated carbocycles. The number of rotatable bonds is 5. The van der Waals surface area contributed by atoms with Crippen molar-refractivity contribution in [1.82, 2.24) is 5.32 Å². The number of benzene rings is 1. The zero-order valence-electron chi connectivity index (χ0n) is 11.4. The van der Waals surface area contributed by atoms with E-state index in [-0.39, 0.29) is 0 Å². The summed E-state index contributed by atoms with van der Waals surface area (Å²) >= 11 is 0. The van der Waals surface area contributed by atoms with E-state index in [1.807, 2.05) is 0 Å². The van der Waals surface area contributed by atoms with E-state index in [1.165, 1.54) is 28.7 Å². The van der Waals surface area contributed by atoms with E-state index in [1.54, 1.807) is 0 Å². The first-order valence-electron chi connectivity index (χ1n) is 6.34. The molecular weight excluding hydrogens is 194 g/mol. The second kappa shape index (κ2) is 6.05. The van der Waals surface area contributed by atoms with Crippen molar-refractivity contribution < 1.29 is 0 Å². The molecule has 1 nitrogen and oxygen atoms in total. The van der Waals surface area contributed by atoms with Gasteiger partial charge in [0.25, 0.3) is 0 Å². The van der Waals surface area contributed by atoms with Crippen LogP contribution in [0.25, 0.3) is 0 Å². The summed E-state index contributed by atoms with van der Waals surface area (Å²) in [6.07, 6.45) is 1.22. The van der Waals surface area contributed by atoms with Crippen LogP contribution in [-0.4, -0.2) is 13.1 Å². The highest BCUT2D eigenvalue weighted by Crippen LogP contribution is 2.25. The van der Waals surface area contributed by atoms with Crippen molar-refractivity contribution in [1.29, 1.82) is 0 Å². The first-order valence-corrected chi connectivity index (χ1v) is 6.34. The van der Waals surface area contributed by atoms with E-state index in [4.69, 9.17) is 0 Å². The maximum Gasteiger partial charge on any atom is -0.00433 e. The van der Waals surface area contributed by atoms with Gasteiger partial charge < -0.3 is 5.32 Å². The van der Waals surface area contributed by atoms with Crippen LogP contribution in [0.1, 0.15) is 48.4 Å². The molecule has 1 N–H and O–H groups in total. The van der Waals surface area contributed by atoms with Gasteiger partial charge in [-0.25, -0.2) is 0 Å². The molecule has 0 radical (unpaired) electrons. The van der Waals surface area contributed by atoms with Gasteiger partial charge >= 0.3 is 0 Å². The van der Waals surface area contributed by atoms with Crippen molar-refractivity contribution in [2.24, 2.45) is 0 Å². The molecule has 1 unspecified atom stereocenters. The lowest BCUT2D eigenvalue weighted by molar-refractivity contribution is 0.606. The zero-order chi connectivity index (χ0) is 12.1. The molecule has 0 aromatic heterocycles. The maximum absolute atomic E-state index is 3.39. The van der Waals surface area contributed by atoms with Gasteiger partial charge in [0.05, 0.1) is 0 Å². The summed E-state index contributed by atoms with van der Waals surface area (Å²) in [4.78, 5) is 0. The number of aryl methyl sites for hydroxylation is 3. The Hall–Kier alpha value is -0.820. The van der Waals surface area contributed by atoms with Gasteiger partial charge in [-0.2, -0.15) is 0 Å². The second-order valence-corrected chi connectivity index (χ2v) is 4.84. The molecule has 0 aliphatic heterocycles. The summed E-state index contributed by atoms with van der Waals surface area (Å²) < 4.78 is 0. The average molecular weight is 219 g/mol. The monoisotopic (exact) mass is 219 g/mol. The molecule has 0 bridgehead atoms. The molecule has 0 saturated heterocycles. The predicted octanol–water partition coefficient (Wildman–Crippen LogP) is 3.71. The first kappa shape index (κ1) is 13.2. The zero-order valence-corrected chi connectivity index (χ0v) is 11.4. The van der Waals surface area contributed by atoms with Crippen LogP contribution in [0.5, 0.6) is 0 Å². The Morgan fingerprint density at radius 1 is 1.06 bits per heavy atom. The fourth-order valence-corrected chi connectivity index (χ4v) is 2.16. The Balaban J connectivity index is 2.75. The van der Waals surface area contributed by atoms with Crippen LogP contribution in [0, 0.1) is 20.8 Å². The SMILES string of the molecule is CCNCCC(C)c1cc(C)c(C)cc1C. The van der Waals surface area contributed by atoms with Crippen molar-refractivity contribution in [2.45, 2.75) is 47.0 Å². The predicted molar refractivity (Wildman–Crippen MR) is 72.2 cm³/mol. The van der Waals surface area contributed by atoms with Crippen LogP contribution in [-0.2, 0) is 0 Å². The van der Waals surface area contributed by atoms with Crippen molar-refractivity contribution in [3.05, 3.63) is 34.4 Å². The lowest BCUT2D eigenvalue weighted by Crippen LogP contribution is -2.16. The Morgan fingerprint density at radius 3 is 2.31 bits per heavy atom. The largest absolute Gasteiger partial charge is 0.317 e. The van der Waals surface area contributed by atoms with Crippen LogP contribution in [0.2, 0.25) is 0 Å². The van der Waals surface area contributed by atoms with E-state index < -0.39 is 0 Å². The summed E-state index contributed by atoms with van der Waals surface area (Å²) in [5, 5.41) is 3.39. The van der Waals surface area contributed by atoms with E-state index >= 15 is 0 Å². The lowest BCUT2D eigenvalue weighted by Gasteiger charge is -2.17. The fourth-order valence-electron chi connectivity index (χ4n) is 2.16. The number of hydrogen-bond acceptors (Lipinski definition) is 1. The molecule has 0 spiro atoms. The Bertz CT molecular complexity index is 342. The third kappa shape index (κ3) is 3.34. The van der Waals surface area contributed by atoms with E-state index in [9.17, 15) is 0 Å². The molecule has 0 amide bonds. The smallest absolute Gasteiger partial charge is 0.00433 e. The number of nitrogens with one attached hydrogen (secondary N) is 1. The van der Waals surface area contributed by atoms with E-state index in [2.05, 4.69) is 52.1 Å². The van der Waals surface area contributed by atoms with Gasteiger partial charge in [0, 0.05) is 0 Å². The standard InChI is InChI=1S/C15H25N/c1-6-16-8-7-11(2)15-10-13(4)12(3)9-14(15)5/h9-11,16H,6-8H2,1-5H3. The topological polar surface area (TPSA) is 12.0 Å². The Morgan fingerprint density at radius 2 is 1.69 bits per heavy atom. The lowest BCUT2D eigenvalue weighted by atomic mass is 9.90. The van der Waals surface area contributed by atoms with Gasteiger partial charge in [-0.3, -0.25) is 0 Å². The summed E-state index contributed by atoms with van der Waals surface area (Å²) in [5.74, 6) is 0.651. The third-order valence-corrected chi connectivity index (χ3v) is 3.42. The molecule has 90 valence electrons. The van der Waals surface area contributed by atoms with Gasteiger partial charge in [-0.05, 0) is 68.5 Å². The van der Waals surface area contributed by atoms with Crippen LogP contribution in [0.4, 0.5) is 0 Å². The molecule has 1 aromatic rings. The van der Waals surface area contributed by atoms with Gasteiger partial charge in [0.2, 0.25) is 0 Å². The summed E-state index contributed by atoms with van der Waals surface area (Å²) in [7, 11) is 0. The highest BCUT2D eigenvalue weighted by Gasteiger charge is 2.09. The van der Waals surface area contributed by atoms with Crippen molar-refractivity contribution in [3.63, 3.8) is 0 Å². The molecule has 1 atom stereocenters. The highest BCUT2D eigenvalue weighted by molar-refractivity contribution is 5.38. The molecule has 0 heterocycles. The molecule has 0 aliphatic carbocycles. The molecule has 1 aromatic carbocycles. The van der Waals surface area contributed by atoms with Crippen LogP contribution in [0.15, 0.2) is 12.1 Å². The van der Waals surface area contributed by atoms with Gasteiger partial charge in [-0.1, -0.05) is 26.0 Å². The van der Waals surface area contributed by atoms with Crippen LogP contribution >= 0.6 is 0 Å². The summed E-state index contributed by atoms with van der Waals surface area (Å²) in [5.41, 5.74) is 5.77. The van der Waals surface area contributed by atoms with Gasteiger partial charge in [0.1, 0.15) is 0 Å². The highest BCUT2D eigenvalue weighted by atomic mass is 14.8. The van der Waals surface area contributed by atoms with Gasteiger partial charge in [0.15, 0.2) is 0 Å². The van der Waals surface area contributed by atoms with E-state index in [0.717, 1.165) is 13.1 Å². The van der Waals surface area contributed by atoms with Crippen molar-refractivity contribution >= 4 is 0 Å². The average Bonchev–Trinajstić information content (AvgIpc) is 2.23. The molecule has 0 aliphatic rings. The van der Waals surface area contributed by atoms with Crippen LogP contribution < -0.4 is 5.32 Å². The normalized spacial score (nSPS) is 12.8. The summed E-state index contributed by atoms with van der Waals surface area (Å²) in [6.45, 7) is 13.3.